The van der Waals surface area contributed by atoms with Gasteiger partial charge in [0.15, 0.2) is 0 Å². The normalized spacial score (nSPS) is 13.0. The van der Waals surface area contributed by atoms with Crippen LogP contribution >= 0.6 is 11.6 Å². The standard InChI is InChI=1S/C15H23ClN4O/c1-4-7-17-14(13-6-5-10-21-13)15-12(16)11-18-20(15)9-8-19(2)3/h5-6,10-11,14,17H,4,7-9H2,1-3H3. The lowest BCUT2D eigenvalue weighted by Crippen LogP contribution is -2.27. The minimum atomic E-state index is -0.0721. The zero-order valence-electron chi connectivity index (χ0n) is 12.8. The van der Waals surface area contributed by atoms with Crippen molar-refractivity contribution in [3.63, 3.8) is 0 Å². The predicted molar refractivity (Wildman–Crippen MR) is 84.6 cm³/mol. The van der Waals surface area contributed by atoms with Gasteiger partial charge in [0.1, 0.15) is 11.8 Å². The zero-order chi connectivity index (χ0) is 15.2. The molecule has 2 aromatic rings. The lowest BCUT2D eigenvalue weighted by Gasteiger charge is -2.19. The Balaban J connectivity index is 2.28. The number of hydrogen-bond acceptors (Lipinski definition) is 4. The SMILES string of the molecule is CCCNC(c1ccco1)c1c(Cl)cnn1CCN(C)C. The molecule has 2 aromatic heterocycles. The topological polar surface area (TPSA) is 46.2 Å². The fourth-order valence-corrected chi connectivity index (χ4v) is 2.46. The maximum absolute atomic E-state index is 6.37. The Kier molecular flexibility index (Phi) is 5.85. The predicted octanol–water partition coefficient (Wildman–Crippen LogP) is 2.78. The summed E-state index contributed by atoms with van der Waals surface area (Å²) in [4.78, 5) is 2.13. The van der Waals surface area contributed by atoms with Crippen molar-refractivity contribution < 1.29 is 4.42 Å². The summed E-state index contributed by atoms with van der Waals surface area (Å²) in [6.45, 7) is 4.72. The minimum absolute atomic E-state index is 0.0721. The van der Waals surface area contributed by atoms with Crippen molar-refractivity contribution in [1.82, 2.24) is 20.0 Å². The molecule has 0 saturated carbocycles. The van der Waals surface area contributed by atoms with Gasteiger partial charge in [-0.2, -0.15) is 5.10 Å². The van der Waals surface area contributed by atoms with Gasteiger partial charge in [-0.05, 0) is 39.2 Å². The highest BCUT2D eigenvalue weighted by Gasteiger charge is 2.23. The van der Waals surface area contributed by atoms with Crippen LogP contribution in [-0.2, 0) is 6.54 Å². The molecule has 0 amide bonds. The second-order valence-electron chi connectivity index (χ2n) is 5.31. The third kappa shape index (κ3) is 4.09. The number of aromatic nitrogens is 2. The van der Waals surface area contributed by atoms with E-state index in [9.17, 15) is 0 Å². The van der Waals surface area contributed by atoms with Crippen LogP contribution in [0.1, 0.15) is 30.8 Å². The average molecular weight is 311 g/mol. The molecule has 0 radical (unpaired) electrons. The van der Waals surface area contributed by atoms with Crippen LogP contribution in [0.2, 0.25) is 5.02 Å². The van der Waals surface area contributed by atoms with E-state index < -0.39 is 0 Å². The third-order valence-electron chi connectivity index (χ3n) is 3.29. The van der Waals surface area contributed by atoms with Crippen molar-refractivity contribution in [2.45, 2.75) is 25.9 Å². The van der Waals surface area contributed by atoms with Crippen LogP contribution in [0, 0.1) is 0 Å². The van der Waals surface area contributed by atoms with Crippen molar-refractivity contribution in [2.75, 3.05) is 27.2 Å². The van der Waals surface area contributed by atoms with Crippen molar-refractivity contribution in [2.24, 2.45) is 0 Å². The molecule has 116 valence electrons. The van der Waals surface area contributed by atoms with E-state index >= 15 is 0 Å². The lowest BCUT2D eigenvalue weighted by atomic mass is 10.1. The molecule has 2 heterocycles. The molecule has 6 heteroatoms. The minimum Gasteiger partial charge on any atom is -0.467 e. The van der Waals surface area contributed by atoms with Crippen molar-refractivity contribution >= 4 is 11.6 Å². The van der Waals surface area contributed by atoms with Crippen LogP contribution in [0.5, 0.6) is 0 Å². The van der Waals surface area contributed by atoms with E-state index in [1.165, 1.54) is 0 Å². The van der Waals surface area contributed by atoms with Crippen LogP contribution in [-0.4, -0.2) is 41.9 Å². The molecular formula is C15H23ClN4O. The molecule has 0 saturated heterocycles. The Bertz CT molecular complexity index is 536. The Morgan fingerprint density at radius 2 is 2.29 bits per heavy atom. The number of nitrogens with one attached hydrogen (secondary N) is 1. The van der Waals surface area contributed by atoms with Gasteiger partial charge >= 0.3 is 0 Å². The summed E-state index contributed by atoms with van der Waals surface area (Å²) in [5.41, 5.74) is 0.960. The van der Waals surface area contributed by atoms with Gasteiger partial charge in [-0.1, -0.05) is 18.5 Å². The maximum Gasteiger partial charge on any atom is 0.126 e. The van der Waals surface area contributed by atoms with E-state index in [4.69, 9.17) is 16.0 Å². The molecule has 0 fully saturated rings. The molecule has 1 N–H and O–H groups in total. The summed E-state index contributed by atoms with van der Waals surface area (Å²) < 4.78 is 7.54. The van der Waals surface area contributed by atoms with Crippen molar-refractivity contribution in [3.8, 4) is 0 Å². The molecular weight excluding hydrogens is 288 g/mol. The number of hydrogen-bond donors (Lipinski definition) is 1. The average Bonchev–Trinajstić information content (AvgIpc) is 3.09. The van der Waals surface area contributed by atoms with E-state index in [1.807, 2.05) is 30.9 Å². The second kappa shape index (κ2) is 7.64. The molecule has 0 spiro atoms. The van der Waals surface area contributed by atoms with Crippen LogP contribution in [0.25, 0.3) is 0 Å². The van der Waals surface area contributed by atoms with Gasteiger partial charge < -0.3 is 14.6 Å². The van der Waals surface area contributed by atoms with Gasteiger partial charge in [0.2, 0.25) is 0 Å². The van der Waals surface area contributed by atoms with Crippen molar-refractivity contribution in [1.29, 1.82) is 0 Å². The summed E-state index contributed by atoms with van der Waals surface area (Å²) in [7, 11) is 4.09. The Labute approximate surface area is 130 Å². The smallest absolute Gasteiger partial charge is 0.126 e. The van der Waals surface area contributed by atoms with Crippen molar-refractivity contribution in [3.05, 3.63) is 41.1 Å². The molecule has 0 aliphatic heterocycles. The Morgan fingerprint density at radius 3 is 2.90 bits per heavy atom. The Morgan fingerprint density at radius 1 is 1.48 bits per heavy atom. The summed E-state index contributed by atoms with van der Waals surface area (Å²) in [6.07, 6.45) is 4.43. The van der Waals surface area contributed by atoms with Gasteiger partial charge in [0.05, 0.1) is 29.7 Å². The molecule has 5 nitrogen and oxygen atoms in total. The number of furan rings is 1. The number of likely N-dealkylation sites (N-methyl/N-ethyl adjacent to an activating group) is 1. The molecule has 0 aromatic carbocycles. The molecule has 1 atom stereocenters. The molecule has 0 aliphatic rings. The van der Waals surface area contributed by atoms with E-state index in [0.717, 1.165) is 37.5 Å². The molecule has 2 rings (SSSR count). The highest BCUT2D eigenvalue weighted by molar-refractivity contribution is 6.31. The van der Waals surface area contributed by atoms with Crippen LogP contribution < -0.4 is 5.32 Å². The summed E-state index contributed by atoms with van der Waals surface area (Å²) in [5.74, 6) is 0.858. The first-order chi connectivity index (χ1) is 10.1. The fraction of sp³-hybridized carbons (Fsp3) is 0.533. The molecule has 0 bridgehead atoms. The molecule has 21 heavy (non-hydrogen) atoms. The first kappa shape index (κ1) is 16.1. The van der Waals surface area contributed by atoms with Crippen LogP contribution in [0.3, 0.4) is 0 Å². The van der Waals surface area contributed by atoms with Crippen LogP contribution in [0.4, 0.5) is 0 Å². The molecule has 1 unspecified atom stereocenters. The van der Waals surface area contributed by atoms with E-state index in [-0.39, 0.29) is 6.04 Å². The summed E-state index contributed by atoms with van der Waals surface area (Å²) >= 11 is 6.37. The van der Waals surface area contributed by atoms with Gasteiger partial charge in [-0.25, -0.2) is 0 Å². The highest BCUT2D eigenvalue weighted by Crippen LogP contribution is 2.28. The largest absolute Gasteiger partial charge is 0.467 e. The lowest BCUT2D eigenvalue weighted by molar-refractivity contribution is 0.359. The quantitative estimate of drug-likeness (QED) is 0.814. The van der Waals surface area contributed by atoms with Crippen LogP contribution in [0.15, 0.2) is 29.0 Å². The number of nitrogens with zero attached hydrogens (tertiary/aromatic N) is 3. The van der Waals surface area contributed by atoms with Gasteiger partial charge in [0, 0.05) is 6.54 Å². The maximum atomic E-state index is 6.37. The first-order valence-electron chi connectivity index (χ1n) is 7.26. The van der Waals surface area contributed by atoms with E-state index in [0.29, 0.717) is 5.02 Å². The van der Waals surface area contributed by atoms with Gasteiger partial charge in [-0.15, -0.1) is 0 Å². The number of rotatable bonds is 8. The Hall–Kier alpha value is -1.30. The third-order valence-corrected chi connectivity index (χ3v) is 3.58. The summed E-state index contributed by atoms with van der Waals surface area (Å²) in [6, 6.07) is 3.79. The number of halogens is 1. The monoisotopic (exact) mass is 310 g/mol. The zero-order valence-corrected chi connectivity index (χ0v) is 13.6. The van der Waals surface area contributed by atoms with Gasteiger partial charge in [0.25, 0.3) is 0 Å². The van der Waals surface area contributed by atoms with E-state index in [2.05, 4.69) is 22.2 Å². The van der Waals surface area contributed by atoms with Gasteiger partial charge in [-0.3, -0.25) is 4.68 Å². The van der Waals surface area contributed by atoms with E-state index in [1.54, 1.807) is 12.5 Å². The molecule has 0 aliphatic carbocycles. The first-order valence-corrected chi connectivity index (χ1v) is 7.64. The fourth-order valence-electron chi connectivity index (χ4n) is 2.21. The second-order valence-corrected chi connectivity index (χ2v) is 5.71. The summed E-state index contributed by atoms with van der Waals surface area (Å²) in [5, 5.41) is 8.56. The highest BCUT2D eigenvalue weighted by atomic mass is 35.5.